The Labute approximate surface area is 171 Å². The number of Topliss-reactive ketones (excluding diaryl/α,β-unsaturated/α-hetero) is 1. The average Bonchev–Trinajstić information content (AvgIpc) is 2.72. The first kappa shape index (κ1) is 22.5. The van der Waals surface area contributed by atoms with E-state index in [2.05, 4.69) is 4.72 Å². The largest absolute Gasteiger partial charge is 0.454 e. The van der Waals surface area contributed by atoms with Gasteiger partial charge in [0.1, 0.15) is 0 Å². The fourth-order valence-electron chi connectivity index (χ4n) is 2.52. The highest BCUT2D eigenvalue weighted by molar-refractivity contribution is 7.92. The number of ketones is 1. The van der Waals surface area contributed by atoms with Crippen LogP contribution in [0.3, 0.4) is 0 Å². The van der Waals surface area contributed by atoms with Gasteiger partial charge in [0.25, 0.3) is 0 Å². The zero-order valence-electron chi connectivity index (χ0n) is 16.5. The van der Waals surface area contributed by atoms with Crippen LogP contribution in [0.25, 0.3) is 6.08 Å². The predicted molar refractivity (Wildman–Crippen MR) is 113 cm³/mol. The van der Waals surface area contributed by atoms with E-state index in [1.807, 2.05) is 25.1 Å². The van der Waals surface area contributed by atoms with Gasteiger partial charge in [0, 0.05) is 17.5 Å². The summed E-state index contributed by atoms with van der Waals surface area (Å²) < 4.78 is 31.3. The van der Waals surface area contributed by atoms with Gasteiger partial charge >= 0.3 is 5.97 Å². The number of hydrogen-bond acceptors (Lipinski definition) is 5. The van der Waals surface area contributed by atoms with Crippen molar-refractivity contribution in [1.82, 2.24) is 4.72 Å². The molecule has 0 saturated heterocycles. The van der Waals surface area contributed by atoms with Gasteiger partial charge in [-0.05, 0) is 30.5 Å². The predicted octanol–water partition coefficient (Wildman–Crippen LogP) is 3.34. The summed E-state index contributed by atoms with van der Waals surface area (Å²) in [7, 11) is -3.68. The van der Waals surface area contributed by atoms with Crippen LogP contribution >= 0.6 is 0 Å². The lowest BCUT2D eigenvalue weighted by molar-refractivity contribution is -0.146. The number of hydrogen-bond donors (Lipinski definition) is 1. The molecule has 0 aromatic heterocycles. The van der Waals surface area contributed by atoms with E-state index in [4.69, 9.17) is 4.74 Å². The molecule has 0 aliphatic carbocycles. The molecule has 29 heavy (non-hydrogen) atoms. The molecule has 2 aromatic carbocycles. The zero-order chi connectivity index (χ0) is 21.3. The summed E-state index contributed by atoms with van der Waals surface area (Å²) in [6, 6.07) is 16.1. The molecule has 0 fully saturated rings. The number of ether oxygens (including phenoxy) is 1. The third kappa shape index (κ3) is 7.63. The summed E-state index contributed by atoms with van der Waals surface area (Å²) in [5.74, 6) is -0.946. The normalized spacial score (nSPS) is 12.6. The molecule has 2 aromatic rings. The lowest BCUT2D eigenvalue weighted by Gasteiger charge is -2.12. The number of carbonyl (C=O) groups excluding carboxylic acids is 2. The van der Waals surface area contributed by atoms with E-state index in [1.54, 1.807) is 36.4 Å². The molecule has 0 saturated carbocycles. The topological polar surface area (TPSA) is 89.5 Å². The van der Waals surface area contributed by atoms with Gasteiger partial charge in [-0.1, -0.05) is 61.5 Å². The van der Waals surface area contributed by atoms with Crippen LogP contribution < -0.4 is 4.72 Å². The van der Waals surface area contributed by atoms with Crippen molar-refractivity contribution in [3.8, 4) is 0 Å². The smallest absolute Gasteiger partial charge is 0.307 e. The lowest BCUT2D eigenvalue weighted by atomic mass is 10.0. The summed E-state index contributed by atoms with van der Waals surface area (Å²) in [5, 5.41) is 1.04. The highest BCUT2D eigenvalue weighted by Crippen LogP contribution is 2.10. The molecule has 6 nitrogen and oxygen atoms in total. The highest BCUT2D eigenvalue weighted by atomic mass is 32.2. The van der Waals surface area contributed by atoms with Crippen LogP contribution in [0.1, 0.15) is 41.8 Å². The van der Waals surface area contributed by atoms with E-state index in [0.29, 0.717) is 5.56 Å². The summed E-state index contributed by atoms with van der Waals surface area (Å²) in [4.78, 5) is 24.3. The number of aryl methyl sites for hydroxylation is 1. The van der Waals surface area contributed by atoms with Crippen molar-refractivity contribution in [3.63, 3.8) is 0 Å². The fourth-order valence-corrected chi connectivity index (χ4v) is 3.34. The monoisotopic (exact) mass is 415 g/mol. The molecule has 0 heterocycles. The Morgan fingerprint density at radius 3 is 2.34 bits per heavy atom. The molecular formula is C22H25NO5S. The van der Waals surface area contributed by atoms with Gasteiger partial charge < -0.3 is 4.74 Å². The van der Waals surface area contributed by atoms with Crippen LogP contribution in [0.15, 0.2) is 60.0 Å². The molecule has 2 rings (SSSR count). The molecule has 0 amide bonds. The van der Waals surface area contributed by atoms with Gasteiger partial charge in [-0.15, -0.1) is 0 Å². The van der Waals surface area contributed by atoms with Crippen LogP contribution in [-0.2, 0) is 26.0 Å². The van der Waals surface area contributed by atoms with Crippen molar-refractivity contribution in [2.45, 2.75) is 32.8 Å². The van der Waals surface area contributed by atoms with E-state index >= 15 is 0 Å². The maximum atomic E-state index is 12.3. The Hall–Kier alpha value is -2.77. The van der Waals surface area contributed by atoms with Crippen molar-refractivity contribution in [2.24, 2.45) is 0 Å². The Balaban J connectivity index is 1.79. The van der Waals surface area contributed by atoms with E-state index in [1.165, 1.54) is 13.0 Å². The van der Waals surface area contributed by atoms with Gasteiger partial charge in [0.05, 0.1) is 6.42 Å². The van der Waals surface area contributed by atoms with Crippen LogP contribution in [0.2, 0.25) is 0 Å². The lowest BCUT2D eigenvalue weighted by Crippen LogP contribution is -2.28. The third-order valence-corrected chi connectivity index (χ3v) is 5.30. The number of esters is 1. The van der Waals surface area contributed by atoms with E-state index < -0.39 is 22.1 Å². The van der Waals surface area contributed by atoms with Gasteiger partial charge in [-0.2, -0.15) is 0 Å². The highest BCUT2D eigenvalue weighted by Gasteiger charge is 2.19. The molecule has 0 unspecified atom stereocenters. The number of sulfonamides is 1. The van der Waals surface area contributed by atoms with Crippen molar-refractivity contribution >= 4 is 27.9 Å². The first-order valence-electron chi connectivity index (χ1n) is 9.36. The summed E-state index contributed by atoms with van der Waals surface area (Å²) >= 11 is 0. The fraction of sp³-hybridized carbons (Fsp3) is 0.273. The number of rotatable bonds is 10. The Morgan fingerprint density at radius 2 is 1.72 bits per heavy atom. The maximum absolute atomic E-state index is 12.3. The second-order valence-electron chi connectivity index (χ2n) is 6.45. The van der Waals surface area contributed by atoms with Crippen LogP contribution in [0.5, 0.6) is 0 Å². The van der Waals surface area contributed by atoms with Crippen molar-refractivity contribution < 1.29 is 22.7 Å². The molecule has 0 aliphatic heterocycles. The SMILES string of the molecule is CCc1ccc(C(=O)[C@H](C)OC(=O)CCNS(=O)(=O)/C=C/c2ccccc2)cc1. The number of nitrogens with one attached hydrogen (secondary N) is 1. The van der Waals surface area contributed by atoms with Crippen LogP contribution in [0, 0.1) is 0 Å². The molecule has 1 N–H and O–H groups in total. The van der Waals surface area contributed by atoms with Crippen molar-refractivity contribution in [2.75, 3.05) is 6.54 Å². The van der Waals surface area contributed by atoms with Gasteiger partial charge in [0.2, 0.25) is 15.8 Å². The second-order valence-corrected chi connectivity index (χ2v) is 8.10. The van der Waals surface area contributed by atoms with Crippen LogP contribution in [0.4, 0.5) is 0 Å². The molecule has 0 radical (unpaired) electrons. The number of carbonyl (C=O) groups is 2. The second kappa shape index (κ2) is 10.7. The third-order valence-electron chi connectivity index (χ3n) is 4.20. The Kier molecular flexibility index (Phi) is 8.30. The Morgan fingerprint density at radius 1 is 1.07 bits per heavy atom. The van der Waals surface area contributed by atoms with E-state index in [-0.39, 0.29) is 18.7 Å². The van der Waals surface area contributed by atoms with E-state index in [9.17, 15) is 18.0 Å². The minimum Gasteiger partial charge on any atom is -0.454 e. The Bertz CT molecular complexity index is 950. The molecule has 0 spiro atoms. The molecule has 7 heteroatoms. The van der Waals surface area contributed by atoms with Gasteiger partial charge in [-0.3, -0.25) is 9.59 Å². The molecule has 0 aliphatic rings. The average molecular weight is 416 g/mol. The minimum atomic E-state index is -3.68. The first-order chi connectivity index (χ1) is 13.8. The van der Waals surface area contributed by atoms with Gasteiger partial charge in [-0.25, -0.2) is 13.1 Å². The maximum Gasteiger partial charge on any atom is 0.307 e. The van der Waals surface area contributed by atoms with Gasteiger partial charge in [0.15, 0.2) is 6.10 Å². The quantitative estimate of drug-likeness (QED) is 0.475. The molecule has 154 valence electrons. The molecule has 0 bridgehead atoms. The number of benzene rings is 2. The zero-order valence-corrected chi connectivity index (χ0v) is 17.3. The first-order valence-corrected chi connectivity index (χ1v) is 10.9. The van der Waals surface area contributed by atoms with Crippen molar-refractivity contribution in [3.05, 3.63) is 76.7 Å². The standard InChI is InChI=1S/C22H25NO5S/c1-3-18-9-11-20(12-10-18)22(25)17(2)28-21(24)13-15-23-29(26,27)16-14-19-7-5-4-6-8-19/h4-12,14,16-17,23H,3,13,15H2,1-2H3/b16-14+/t17-/m0/s1. The van der Waals surface area contributed by atoms with E-state index in [0.717, 1.165) is 23.0 Å². The molecule has 1 atom stereocenters. The van der Waals surface area contributed by atoms with Crippen molar-refractivity contribution in [1.29, 1.82) is 0 Å². The van der Waals surface area contributed by atoms with Crippen LogP contribution in [-0.4, -0.2) is 32.8 Å². The molecular weight excluding hydrogens is 390 g/mol. The summed E-state index contributed by atoms with van der Waals surface area (Å²) in [6.45, 7) is 3.40. The summed E-state index contributed by atoms with van der Waals surface area (Å²) in [6.07, 6.45) is 1.22. The summed E-state index contributed by atoms with van der Waals surface area (Å²) in [5.41, 5.74) is 2.32. The minimum absolute atomic E-state index is 0.119.